The summed E-state index contributed by atoms with van der Waals surface area (Å²) in [4.78, 5) is 20.9. The summed E-state index contributed by atoms with van der Waals surface area (Å²) in [6.45, 7) is 18.3. The van der Waals surface area contributed by atoms with Crippen LogP contribution in [0.5, 0.6) is 51.7 Å². The Kier molecular flexibility index (Phi) is 9.70. The van der Waals surface area contributed by atoms with Crippen LogP contribution in [0.3, 0.4) is 0 Å². The van der Waals surface area contributed by atoms with Crippen LogP contribution in [-0.4, -0.2) is 15.9 Å². The lowest BCUT2D eigenvalue weighted by Gasteiger charge is -2.28. The predicted octanol–water partition coefficient (Wildman–Crippen LogP) is 17.1. The number of ether oxygens (including phenoxy) is 4. The van der Waals surface area contributed by atoms with Gasteiger partial charge in [-0.1, -0.05) is 96.6 Å². The molecule has 1 heterocycles. The smallest absolute Gasteiger partial charge is 0.199 e. The van der Waals surface area contributed by atoms with Crippen molar-refractivity contribution in [1.29, 1.82) is 0 Å². The number of rotatable bonds is 8. The molecule has 0 atom stereocenters. The molecule has 0 bridgehead atoms. The highest BCUT2D eigenvalue weighted by molar-refractivity contribution is 6.42. The first kappa shape index (κ1) is 42.9. The number of hydrogen-bond donors (Lipinski definition) is 1. The van der Waals surface area contributed by atoms with Crippen LogP contribution in [0.4, 0.5) is 0 Å². The van der Waals surface area contributed by atoms with Gasteiger partial charge in [0.2, 0.25) is 0 Å². The van der Waals surface area contributed by atoms with Crippen LogP contribution in [0.25, 0.3) is 65.3 Å². The van der Waals surface area contributed by atoms with Crippen molar-refractivity contribution in [2.45, 2.75) is 62.3 Å². The van der Waals surface area contributed by atoms with E-state index in [1.807, 2.05) is 126 Å². The van der Waals surface area contributed by atoms with Crippen LogP contribution in [0, 0.1) is 62.3 Å². The molecule has 0 unspecified atom stereocenters. The monoisotopic (exact) mass is 915 g/mol. The van der Waals surface area contributed by atoms with Crippen LogP contribution in [-0.2, 0) is 0 Å². The van der Waals surface area contributed by atoms with Crippen molar-refractivity contribution < 1.29 is 28.8 Å². The molecule has 1 N–H and O–H groups in total. The minimum absolute atomic E-state index is 0.120. The Morgan fingerprint density at radius 2 is 0.800 bits per heavy atom. The van der Waals surface area contributed by atoms with Crippen LogP contribution < -0.4 is 18.9 Å². The van der Waals surface area contributed by atoms with Crippen LogP contribution in [0.15, 0.2) is 127 Å². The Bertz CT molecular complexity index is 3900. The van der Waals surface area contributed by atoms with Gasteiger partial charge in [-0.05, 0) is 149 Å². The van der Waals surface area contributed by atoms with Crippen molar-refractivity contribution >= 4 is 59.8 Å². The molecule has 7 heteroatoms. The molecule has 7 nitrogen and oxygen atoms in total. The Morgan fingerprint density at radius 1 is 0.400 bits per heavy atom. The molecule has 342 valence electrons. The average molecular weight is 916 g/mol. The Balaban J connectivity index is 1.35. The van der Waals surface area contributed by atoms with E-state index in [1.54, 1.807) is 0 Å². The molecule has 1 aliphatic carbocycles. The van der Waals surface area contributed by atoms with E-state index in [9.17, 15) is 5.11 Å². The summed E-state index contributed by atoms with van der Waals surface area (Å²) in [5, 5.41) is 19.0. The summed E-state index contributed by atoms with van der Waals surface area (Å²) in [5.41, 5.74) is 10.7. The van der Waals surface area contributed by atoms with E-state index in [-0.39, 0.29) is 17.1 Å². The van der Waals surface area contributed by atoms with Gasteiger partial charge in [-0.15, -0.1) is 0 Å². The molecule has 0 fully saturated rings. The van der Waals surface area contributed by atoms with Gasteiger partial charge in [0.25, 0.3) is 0 Å². The van der Waals surface area contributed by atoms with Gasteiger partial charge in [-0.2, -0.15) is 0 Å². The lowest BCUT2D eigenvalue weighted by molar-refractivity contribution is 0.103. The number of nitrogens with zero attached hydrogens (tertiary/aromatic N) is 1. The molecule has 0 radical (unpaired) electrons. The number of aromatic hydroxyl groups is 1. The third-order valence-corrected chi connectivity index (χ3v) is 14.3. The molecule has 1 aromatic heterocycles. The fraction of sp³-hybridized carbons (Fsp3) is 0.143. The van der Waals surface area contributed by atoms with E-state index >= 15 is 4.79 Å². The highest BCUT2D eigenvalue weighted by atomic mass is 16.5. The van der Waals surface area contributed by atoms with Crippen molar-refractivity contribution in [2.24, 2.45) is 0 Å². The molecular weight excluding hydrogens is 867 g/mol. The minimum Gasteiger partial charge on any atom is -0.506 e. The summed E-state index contributed by atoms with van der Waals surface area (Å²) in [6, 6.07) is 42.3. The molecule has 0 aliphatic heterocycles. The predicted molar refractivity (Wildman–Crippen MR) is 282 cm³/mol. The third-order valence-electron chi connectivity index (χ3n) is 14.3. The number of carbonyl (C=O) groups is 1. The van der Waals surface area contributed by atoms with E-state index in [2.05, 4.69) is 64.1 Å². The second-order valence-corrected chi connectivity index (χ2v) is 19.1. The zero-order valence-electron chi connectivity index (χ0n) is 40.6. The van der Waals surface area contributed by atoms with Gasteiger partial charge in [0, 0.05) is 54.2 Å². The standard InChI is InChI=1S/C63H49NO6/c1-31-22-25-44-41(28-31)58(65)56-57(64-44)42-29-47(69-62-36(6)18-12-19-37(62)7)53-51-45(67-60-32(2)14-10-15-33(60)3)26-23-40-24-27-46(68-61-34(4)16-11-17-35(61)5)52(49(40)51)54-48(30-43(59(56)66)50(42)55(53)54)70-63-38(8)20-13-21-39(63)9/h10-30H,1-9H3,(H,64,65). The van der Waals surface area contributed by atoms with Crippen molar-refractivity contribution in [3.8, 4) is 63.0 Å². The normalized spacial score (nSPS) is 12.2. The molecule has 0 saturated heterocycles. The fourth-order valence-electron chi connectivity index (χ4n) is 10.8. The Labute approximate surface area is 405 Å². The van der Waals surface area contributed by atoms with Crippen LogP contribution in [0.2, 0.25) is 0 Å². The number of para-hydroxylation sites is 4. The van der Waals surface area contributed by atoms with Crippen LogP contribution >= 0.6 is 0 Å². The number of aromatic nitrogens is 1. The number of hydrogen-bond acceptors (Lipinski definition) is 7. The van der Waals surface area contributed by atoms with Crippen molar-refractivity contribution in [1.82, 2.24) is 4.98 Å². The first-order valence-corrected chi connectivity index (χ1v) is 23.7. The maximum atomic E-state index is 15.6. The third kappa shape index (κ3) is 6.41. The zero-order chi connectivity index (χ0) is 48.4. The van der Waals surface area contributed by atoms with Gasteiger partial charge >= 0.3 is 0 Å². The minimum atomic E-state index is -0.362. The molecule has 10 aromatic carbocycles. The lowest BCUT2D eigenvalue weighted by atomic mass is 9.79. The van der Waals surface area contributed by atoms with Crippen molar-refractivity contribution in [2.75, 3.05) is 0 Å². The summed E-state index contributed by atoms with van der Waals surface area (Å²) in [6.07, 6.45) is 0. The Morgan fingerprint density at radius 3 is 1.24 bits per heavy atom. The van der Waals surface area contributed by atoms with Crippen molar-refractivity contribution in [3.63, 3.8) is 0 Å². The summed E-state index contributed by atoms with van der Waals surface area (Å²) < 4.78 is 29.1. The quantitative estimate of drug-likeness (QED) is 0.120. The lowest BCUT2D eigenvalue weighted by Crippen LogP contribution is -2.13. The first-order valence-electron chi connectivity index (χ1n) is 23.7. The SMILES string of the molecule is Cc1ccc2nc3c(c(O)c2c1)C(=O)c1cc(Oc2c(C)cccc2C)c2c4c(Oc5c(C)cccc5C)ccc5ccc(Oc6c(C)cccc6C)c(c6c(Oc7c(C)cccc7C)cc-3c1c26)c54. The number of fused-ring (bicyclic) bond motifs is 5. The van der Waals surface area contributed by atoms with E-state index < -0.39 is 0 Å². The van der Waals surface area contributed by atoms with Gasteiger partial charge in [-0.3, -0.25) is 4.79 Å². The zero-order valence-corrected chi connectivity index (χ0v) is 40.6. The number of benzene rings is 10. The van der Waals surface area contributed by atoms with Gasteiger partial charge in [0.15, 0.2) is 5.78 Å². The molecule has 0 spiro atoms. The van der Waals surface area contributed by atoms with Gasteiger partial charge in [0.05, 0.1) is 16.8 Å². The number of pyridine rings is 1. The number of aryl methyl sites for hydroxylation is 9. The van der Waals surface area contributed by atoms with E-state index in [0.717, 1.165) is 93.9 Å². The molecule has 0 amide bonds. The fourth-order valence-corrected chi connectivity index (χ4v) is 10.8. The van der Waals surface area contributed by atoms with E-state index in [4.69, 9.17) is 23.9 Å². The van der Waals surface area contributed by atoms with Gasteiger partial charge in [0.1, 0.15) is 51.7 Å². The first-order chi connectivity index (χ1) is 33.8. The second kappa shape index (κ2) is 15.8. The second-order valence-electron chi connectivity index (χ2n) is 19.1. The van der Waals surface area contributed by atoms with E-state index in [1.165, 1.54) is 0 Å². The largest absolute Gasteiger partial charge is 0.506 e. The molecular formula is C63H49NO6. The molecule has 11 aromatic rings. The van der Waals surface area contributed by atoms with Crippen LogP contribution in [0.1, 0.15) is 66.0 Å². The highest BCUT2D eigenvalue weighted by Gasteiger charge is 2.37. The maximum Gasteiger partial charge on any atom is 0.199 e. The molecule has 1 aliphatic rings. The summed E-state index contributed by atoms with van der Waals surface area (Å²) in [5.74, 6) is 4.56. The summed E-state index contributed by atoms with van der Waals surface area (Å²) >= 11 is 0. The average Bonchev–Trinajstić information content (AvgIpc) is 3.33. The topological polar surface area (TPSA) is 87.1 Å². The Hall–Kier alpha value is -8.42. The van der Waals surface area contributed by atoms with Gasteiger partial charge in [-0.25, -0.2) is 4.98 Å². The number of carbonyl (C=O) groups excluding carboxylic acids is 1. The van der Waals surface area contributed by atoms with E-state index in [0.29, 0.717) is 73.0 Å². The maximum absolute atomic E-state index is 15.6. The summed E-state index contributed by atoms with van der Waals surface area (Å²) in [7, 11) is 0. The molecule has 0 saturated carbocycles. The molecule has 70 heavy (non-hydrogen) atoms. The van der Waals surface area contributed by atoms with Gasteiger partial charge < -0.3 is 24.1 Å². The van der Waals surface area contributed by atoms with Crippen molar-refractivity contribution in [3.05, 3.63) is 189 Å². The number of ketones is 1. The molecule has 12 rings (SSSR count). The highest BCUT2D eigenvalue weighted by Crippen LogP contribution is 2.59.